The van der Waals surface area contributed by atoms with Crippen molar-refractivity contribution in [2.24, 2.45) is 0 Å². The Balaban J connectivity index is 1.30. The summed E-state index contributed by atoms with van der Waals surface area (Å²) in [5.41, 5.74) is 10.6. The Morgan fingerprint density at radius 3 is 1.91 bits per heavy atom. The molecule has 0 atom stereocenters. The number of allylic oxidation sites excluding steroid dienone is 4. The number of pyridine rings is 1. The summed E-state index contributed by atoms with van der Waals surface area (Å²) in [6.45, 7) is 0. The highest BCUT2D eigenvalue weighted by Crippen LogP contribution is 2.40. The van der Waals surface area contributed by atoms with Crippen molar-refractivity contribution in [1.82, 2.24) is 14.1 Å². The molecular formula is C41H29N3. The molecule has 9 rings (SSSR count). The molecule has 3 aromatic heterocycles. The Morgan fingerprint density at radius 1 is 0.477 bits per heavy atom. The van der Waals surface area contributed by atoms with Gasteiger partial charge in [0.15, 0.2) is 0 Å². The monoisotopic (exact) mass is 563 g/mol. The number of hydrogen-bond acceptors (Lipinski definition) is 1. The molecule has 0 spiro atoms. The van der Waals surface area contributed by atoms with Crippen LogP contribution >= 0.6 is 0 Å². The lowest BCUT2D eigenvalue weighted by molar-refractivity contribution is 0.979. The van der Waals surface area contributed by atoms with Crippen LogP contribution in [0.15, 0.2) is 152 Å². The third-order valence-electron chi connectivity index (χ3n) is 8.97. The van der Waals surface area contributed by atoms with E-state index in [1.165, 1.54) is 49.4 Å². The highest BCUT2D eigenvalue weighted by molar-refractivity contribution is 6.19. The first kappa shape index (κ1) is 24.9. The number of aromatic nitrogens is 3. The molecule has 1 aliphatic rings. The van der Waals surface area contributed by atoms with Crippen molar-refractivity contribution in [1.29, 1.82) is 0 Å². The molecule has 44 heavy (non-hydrogen) atoms. The van der Waals surface area contributed by atoms with Gasteiger partial charge in [-0.3, -0.25) is 4.57 Å². The Kier molecular flexibility index (Phi) is 5.63. The first-order chi connectivity index (χ1) is 21.8. The van der Waals surface area contributed by atoms with Crippen LogP contribution in [0.5, 0.6) is 0 Å². The molecule has 0 fully saturated rings. The van der Waals surface area contributed by atoms with Gasteiger partial charge in [-0.05, 0) is 72.5 Å². The lowest BCUT2D eigenvalue weighted by Gasteiger charge is -2.14. The molecule has 1 aliphatic carbocycles. The largest absolute Gasteiger partial charge is 0.313 e. The fraction of sp³-hybridized carbons (Fsp3) is 0.0488. The maximum Gasteiger partial charge on any atom is 0.138 e. The van der Waals surface area contributed by atoms with Gasteiger partial charge in [-0.1, -0.05) is 103 Å². The van der Waals surface area contributed by atoms with Gasteiger partial charge in [0, 0.05) is 32.8 Å². The summed E-state index contributed by atoms with van der Waals surface area (Å²) >= 11 is 0. The second-order valence-electron chi connectivity index (χ2n) is 11.5. The first-order valence-corrected chi connectivity index (χ1v) is 15.3. The zero-order valence-electron chi connectivity index (χ0n) is 24.2. The Labute approximate surface area is 255 Å². The highest BCUT2D eigenvalue weighted by Gasteiger charge is 2.19. The predicted molar refractivity (Wildman–Crippen MR) is 185 cm³/mol. The molecule has 3 nitrogen and oxygen atoms in total. The molecule has 0 saturated heterocycles. The number of hydrogen-bond donors (Lipinski definition) is 0. The van der Waals surface area contributed by atoms with Crippen molar-refractivity contribution in [3.63, 3.8) is 0 Å². The van der Waals surface area contributed by atoms with Crippen molar-refractivity contribution < 1.29 is 0 Å². The van der Waals surface area contributed by atoms with E-state index in [0.717, 1.165) is 41.0 Å². The fourth-order valence-corrected chi connectivity index (χ4v) is 6.96. The maximum atomic E-state index is 5.29. The van der Waals surface area contributed by atoms with Crippen LogP contribution in [0.3, 0.4) is 0 Å². The molecule has 0 unspecified atom stereocenters. The number of para-hydroxylation sites is 2. The number of rotatable bonds is 4. The van der Waals surface area contributed by atoms with Crippen LogP contribution in [0.1, 0.15) is 12.8 Å². The average Bonchev–Trinajstić information content (AvgIpc) is 3.60. The maximum absolute atomic E-state index is 5.29. The average molecular weight is 564 g/mol. The Morgan fingerprint density at radius 2 is 1.14 bits per heavy atom. The molecule has 0 amide bonds. The van der Waals surface area contributed by atoms with Crippen LogP contribution in [-0.4, -0.2) is 14.1 Å². The van der Waals surface area contributed by atoms with Crippen LogP contribution in [-0.2, 0) is 0 Å². The van der Waals surface area contributed by atoms with Crippen molar-refractivity contribution in [3.05, 3.63) is 152 Å². The van der Waals surface area contributed by atoms with Crippen molar-refractivity contribution in [2.45, 2.75) is 12.8 Å². The van der Waals surface area contributed by atoms with Gasteiger partial charge in [-0.2, -0.15) is 0 Å². The van der Waals surface area contributed by atoms with Gasteiger partial charge in [-0.15, -0.1) is 0 Å². The van der Waals surface area contributed by atoms with Crippen LogP contribution < -0.4 is 0 Å². The summed E-state index contributed by atoms with van der Waals surface area (Å²) < 4.78 is 4.81. The third kappa shape index (κ3) is 3.86. The SMILES string of the molecule is C1=CCCC(n2c3ccccc3c3cc4c5ccccc5n(-c5cccc(-c6cccc(-c7ccccc7)c6)n5)c4cc32)=C1. The summed E-state index contributed by atoms with van der Waals surface area (Å²) in [5, 5.41) is 5.05. The highest BCUT2D eigenvalue weighted by atomic mass is 15.1. The summed E-state index contributed by atoms with van der Waals surface area (Å²) in [5.74, 6) is 0.917. The standard InChI is InChI=1S/C41H29N3/c1-3-13-28(14-4-1)29-15-11-16-30(25-29)36-21-12-24-41(42-36)44-38-23-10-8-20-33(38)35-26-34-32-19-7-9-22-37(32)43(39(34)27-40(35)44)31-17-5-2-6-18-31/h1-5,7-17,19-27H,6,18H2. The minimum atomic E-state index is 0.917. The second-order valence-corrected chi connectivity index (χ2v) is 11.5. The molecule has 3 heterocycles. The van der Waals surface area contributed by atoms with Gasteiger partial charge in [0.05, 0.1) is 27.8 Å². The molecule has 8 aromatic rings. The van der Waals surface area contributed by atoms with E-state index in [1.807, 2.05) is 0 Å². The molecular weight excluding hydrogens is 534 g/mol. The van der Waals surface area contributed by atoms with Gasteiger partial charge in [0.1, 0.15) is 5.82 Å². The summed E-state index contributed by atoms with van der Waals surface area (Å²) in [6, 6.07) is 47.9. The normalized spacial score (nSPS) is 13.3. The zero-order valence-corrected chi connectivity index (χ0v) is 24.2. The van der Waals surface area contributed by atoms with E-state index >= 15 is 0 Å². The molecule has 5 aromatic carbocycles. The van der Waals surface area contributed by atoms with Crippen LogP contribution in [0.2, 0.25) is 0 Å². The van der Waals surface area contributed by atoms with E-state index in [1.54, 1.807) is 0 Å². The van der Waals surface area contributed by atoms with Crippen LogP contribution in [0.25, 0.3) is 77.5 Å². The molecule has 0 N–H and O–H groups in total. The van der Waals surface area contributed by atoms with Crippen molar-refractivity contribution in [2.75, 3.05) is 0 Å². The van der Waals surface area contributed by atoms with E-state index in [4.69, 9.17) is 4.98 Å². The smallest absolute Gasteiger partial charge is 0.138 e. The van der Waals surface area contributed by atoms with E-state index < -0.39 is 0 Å². The summed E-state index contributed by atoms with van der Waals surface area (Å²) in [4.78, 5) is 5.29. The van der Waals surface area contributed by atoms with Crippen molar-refractivity contribution in [3.8, 4) is 28.2 Å². The van der Waals surface area contributed by atoms with E-state index in [-0.39, 0.29) is 0 Å². The molecule has 0 saturated carbocycles. The minimum Gasteiger partial charge on any atom is -0.313 e. The topological polar surface area (TPSA) is 22.8 Å². The van der Waals surface area contributed by atoms with Gasteiger partial charge < -0.3 is 4.57 Å². The van der Waals surface area contributed by atoms with Crippen molar-refractivity contribution >= 4 is 49.3 Å². The molecule has 3 heteroatoms. The van der Waals surface area contributed by atoms with Crippen LogP contribution in [0.4, 0.5) is 0 Å². The number of nitrogens with zero attached hydrogens (tertiary/aromatic N) is 3. The van der Waals surface area contributed by atoms with Gasteiger partial charge in [0.25, 0.3) is 0 Å². The first-order valence-electron chi connectivity index (χ1n) is 15.3. The number of benzene rings is 5. The third-order valence-corrected chi connectivity index (χ3v) is 8.97. The molecule has 0 bridgehead atoms. The van der Waals surface area contributed by atoms with Gasteiger partial charge >= 0.3 is 0 Å². The Hall–Kier alpha value is -5.67. The summed E-state index contributed by atoms with van der Waals surface area (Å²) in [7, 11) is 0. The zero-order chi connectivity index (χ0) is 29.0. The lowest BCUT2D eigenvalue weighted by atomic mass is 10.0. The van der Waals surface area contributed by atoms with Gasteiger partial charge in [-0.25, -0.2) is 4.98 Å². The van der Waals surface area contributed by atoms with E-state index in [2.05, 4.69) is 161 Å². The second kappa shape index (κ2) is 9.96. The fourth-order valence-electron chi connectivity index (χ4n) is 6.96. The quantitative estimate of drug-likeness (QED) is 0.209. The minimum absolute atomic E-state index is 0.917. The lowest BCUT2D eigenvalue weighted by Crippen LogP contribution is -2.00. The molecule has 0 radical (unpaired) electrons. The Bertz CT molecular complexity index is 2440. The van der Waals surface area contributed by atoms with E-state index in [9.17, 15) is 0 Å². The number of fused-ring (bicyclic) bond motifs is 6. The predicted octanol–water partition coefficient (Wildman–Crippen LogP) is 10.8. The van der Waals surface area contributed by atoms with Crippen LogP contribution in [0, 0.1) is 0 Å². The van der Waals surface area contributed by atoms with E-state index in [0.29, 0.717) is 0 Å². The molecule has 208 valence electrons. The molecule has 0 aliphatic heterocycles. The van der Waals surface area contributed by atoms with Gasteiger partial charge in [0.2, 0.25) is 0 Å². The summed E-state index contributed by atoms with van der Waals surface area (Å²) in [6.07, 6.45) is 8.80.